The van der Waals surface area contributed by atoms with E-state index in [0.29, 0.717) is 22.6 Å². The maximum absolute atomic E-state index is 13.8. The molecule has 3 rings (SSSR count). The molecule has 124 valence electrons. The van der Waals surface area contributed by atoms with Crippen LogP contribution < -0.4 is 5.56 Å². The monoisotopic (exact) mass is 346 g/mol. The molecule has 1 aromatic heterocycles. The zero-order valence-electron chi connectivity index (χ0n) is 13.1. The van der Waals surface area contributed by atoms with Crippen molar-refractivity contribution in [3.8, 4) is 0 Å². The number of hydrogen-bond donors (Lipinski definition) is 0. The summed E-state index contributed by atoms with van der Waals surface area (Å²) in [7, 11) is 0. The van der Waals surface area contributed by atoms with Gasteiger partial charge in [-0.2, -0.15) is 0 Å². The summed E-state index contributed by atoms with van der Waals surface area (Å²) < 4.78 is 28.7. The number of rotatable bonds is 5. The fourth-order valence-electron chi connectivity index (χ4n) is 2.47. The first-order valence-electron chi connectivity index (χ1n) is 7.66. The van der Waals surface area contributed by atoms with E-state index < -0.39 is 11.6 Å². The molecule has 0 N–H and O–H groups in total. The maximum atomic E-state index is 13.8. The number of hydrogen-bond acceptors (Lipinski definition) is 3. The molecule has 0 atom stereocenters. The van der Waals surface area contributed by atoms with Gasteiger partial charge in [0.15, 0.2) is 5.16 Å². The zero-order valence-corrected chi connectivity index (χ0v) is 13.9. The summed E-state index contributed by atoms with van der Waals surface area (Å²) in [6.07, 6.45) is 0.780. The molecule has 0 fully saturated rings. The van der Waals surface area contributed by atoms with Gasteiger partial charge in [-0.15, -0.1) is 0 Å². The topological polar surface area (TPSA) is 34.9 Å². The van der Waals surface area contributed by atoms with Crippen molar-refractivity contribution in [1.29, 1.82) is 0 Å². The molecule has 24 heavy (non-hydrogen) atoms. The Morgan fingerprint density at radius 2 is 1.96 bits per heavy atom. The number of benzene rings is 2. The third-order valence-corrected chi connectivity index (χ3v) is 4.66. The molecule has 0 radical (unpaired) electrons. The molecule has 1 heterocycles. The molecule has 0 spiro atoms. The van der Waals surface area contributed by atoms with Crippen molar-refractivity contribution in [2.45, 2.75) is 30.8 Å². The molecule has 2 aromatic carbocycles. The first-order valence-corrected chi connectivity index (χ1v) is 8.65. The molecule has 0 aliphatic carbocycles. The average molecular weight is 346 g/mol. The summed E-state index contributed by atoms with van der Waals surface area (Å²) in [5.41, 5.74) is 0.757. The standard InChI is InChI=1S/C18H16F2N2OS/c1-2-9-22-17(23)14-5-3-4-6-16(14)21-18(22)24-11-12-10-13(19)7-8-15(12)20/h3-8,10H,2,9,11H2,1H3. The normalized spacial score (nSPS) is 11.1. The Hall–Kier alpha value is -2.21. The van der Waals surface area contributed by atoms with Gasteiger partial charge in [0.1, 0.15) is 11.6 Å². The zero-order chi connectivity index (χ0) is 17.1. The van der Waals surface area contributed by atoms with Gasteiger partial charge in [-0.25, -0.2) is 13.8 Å². The van der Waals surface area contributed by atoms with Crippen molar-refractivity contribution in [2.24, 2.45) is 0 Å². The minimum atomic E-state index is -0.482. The van der Waals surface area contributed by atoms with Gasteiger partial charge in [0.05, 0.1) is 10.9 Å². The number of thioether (sulfide) groups is 1. The highest BCUT2D eigenvalue weighted by Gasteiger charge is 2.12. The van der Waals surface area contributed by atoms with Crippen LogP contribution in [-0.2, 0) is 12.3 Å². The molecule has 3 aromatic rings. The van der Waals surface area contributed by atoms with Crippen LogP contribution >= 0.6 is 11.8 Å². The van der Waals surface area contributed by atoms with Gasteiger partial charge < -0.3 is 0 Å². The van der Waals surface area contributed by atoms with Crippen LogP contribution in [0.3, 0.4) is 0 Å². The summed E-state index contributed by atoms with van der Waals surface area (Å²) in [5, 5.41) is 1.08. The predicted molar refractivity (Wildman–Crippen MR) is 92.2 cm³/mol. The van der Waals surface area contributed by atoms with Gasteiger partial charge in [0, 0.05) is 17.9 Å². The summed E-state index contributed by atoms with van der Waals surface area (Å²) in [6.45, 7) is 2.51. The summed E-state index contributed by atoms with van der Waals surface area (Å²) in [4.78, 5) is 17.2. The van der Waals surface area contributed by atoms with E-state index in [2.05, 4.69) is 4.98 Å². The van der Waals surface area contributed by atoms with Crippen LogP contribution in [0, 0.1) is 11.6 Å². The summed E-state index contributed by atoms with van der Waals surface area (Å²) in [6, 6.07) is 10.5. The number of aromatic nitrogens is 2. The largest absolute Gasteiger partial charge is 0.287 e. The van der Waals surface area contributed by atoms with Crippen molar-refractivity contribution < 1.29 is 8.78 Å². The van der Waals surface area contributed by atoms with E-state index in [-0.39, 0.29) is 16.9 Å². The second-order valence-corrected chi connectivity index (χ2v) is 6.34. The summed E-state index contributed by atoms with van der Waals surface area (Å²) in [5.74, 6) is -0.739. The molecule has 0 aliphatic heterocycles. The van der Waals surface area contributed by atoms with Crippen LogP contribution in [0.1, 0.15) is 18.9 Å². The number of nitrogens with zero attached hydrogens (tertiary/aromatic N) is 2. The van der Waals surface area contributed by atoms with E-state index in [1.165, 1.54) is 17.8 Å². The second kappa shape index (κ2) is 7.13. The highest BCUT2D eigenvalue weighted by atomic mass is 32.2. The van der Waals surface area contributed by atoms with E-state index in [1.54, 1.807) is 22.8 Å². The van der Waals surface area contributed by atoms with Crippen molar-refractivity contribution in [3.05, 3.63) is 70.0 Å². The van der Waals surface area contributed by atoms with Crippen LogP contribution in [0.2, 0.25) is 0 Å². The molecule has 0 bridgehead atoms. The van der Waals surface area contributed by atoms with Crippen molar-refractivity contribution in [2.75, 3.05) is 0 Å². The van der Waals surface area contributed by atoms with E-state index in [0.717, 1.165) is 18.6 Å². The third-order valence-electron chi connectivity index (χ3n) is 3.64. The minimum absolute atomic E-state index is 0.107. The van der Waals surface area contributed by atoms with Crippen LogP contribution in [0.4, 0.5) is 8.78 Å². The highest BCUT2D eigenvalue weighted by molar-refractivity contribution is 7.98. The van der Waals surface area contributed by atoms with E-state index in [9.17, 15) is 13.6 Å². The number of halogens is 2. The lowest BCUT2D eigenvalue weighted by molar-refractivity contribution is 0.582. The van der Waals surface area contributed by atoms with Gasteiger partial charge in [0.2, 0.25) is 0 Å². The Morgan fingerprint density at radius 3 is 2.75 bits per heavy atom. The molecular weight excluding hydrogens is 330 g/mol. The lowest BCUT2D eigenvalue weighted by atomic mass is 10.2. The Morgan fingerprint density at radius 1 is 1.17 bits per heavy atom. The first kappa shape index (κ1) is 16.6. The van der Waals surface area contributed by atoms with E-state index >= 15 is 0 Å². The molecule has 3 nitrogen and oxygen atoms in total. The fourth-order valence-corrected chi connectivity index (χ4v) is 3.47. The molecular formula is C18H16F2N2OS. The van der Waals surface area contributed by atoms with Crippen LogP contribution in [0.5, 0.6) is 0 Å². The van der Waals surface area contributed by atoms with Crippen molar-refractivity contribution in [1.82, 2.24) is 9.55 Å². The second-order valence-electron chi connectivity index (χ2n) is 5.39. The van der Waals surface area contributed by atoms with Gasteiger partial charge in [-0.05, 0) is 36.8 Å². The fraction of sp³-hybridized carbons (Fsp3) is 0.222. The van der Waals surface area contributed by atoms with Crippen LogP contribution in [0.15, 0.2) is 52.4 Å². The number of fused-ring (bicyclic) bond motifs is 1. The Labute approximate surface area is 142 Å². The SMILES string of the molecule is CCCn1c(SCc2cc(F)ccc2F)nc2ccccc2c1=O. The lowest BCUT2D eigenvalue weighted by Crippen LogP contribution is -2.23. The van der Waals surface area contributed by atoms with Crippen molar-refractivity contribution in [3.63, 3.8) is 0 Å². The molecule has 0 saturated carbocycles. The molecule has 6 heteroatoms. The predicted octanol–water partition coefficient (Wildman–Crippen LogP) is 4.38. The molecule has 0 unspecified atom stereocenters. The van der Waals surface area contributed by atoms with Crippen LogP contribution in [-0.4, -0.2) is 9.55 Å². The average Bonchev–Trinajstić information content (AvgIpc) is 2.58. The van der Waals surface area contributed by atoms with Gasteiger partial charge in [-0.1, -0.05) is 30.8 Å². The molecule has 0 aliphatic rings. The Kier molecular flexibility index (Phi) is 4.94. The van der Waals surface area contributed by atoms with E-state index in [4.69, 9.17) is 0 Å². The third kappa shape index (κ3) is 3.33. The Balaban J connectivity index is 2.00. The maximum Gasteiger partial charge on any atom is 0.262 e. The molecule has 0 amide bonds. The van der Waals surface area contributed by atoms with Gasteiger partial charge in [-0.3, -0.25) is 9.36 Å². The number of para-hydroxylation sites is 1. The quantitative estimate of drug-likeness (QED) is 0.508. The Bertz CT molecular complexity index is 940. The summed E-state index contributed by atoms with van der Waals surface area (Å²) >= 11 is 1.24. The smallest absolute Gasteiger partial charge is 0.262 e. The first-order chi connectivity index (χ1) is 11.6. The van der Waals surface area contributed by atoms with Crippen molar-refractivity contribution >= 4 is 22.7 Å². The van der Waals surface area contributed by atoms with Crippen LogP contribution in [0.25, 0.3) is 10.9 Å². The lowest BCUT2D eigenvalue weighted by Gasteiger charge is -2.12. The minimum Gasteiger partial charge on any atom is -0.287 e. The van der Waals surface area contributed by atoms with E-state index in [1.807, 2.05) is 13.0 Å². The van der Waals surface area contributed by atoms with Gasteiger partial charge in [0.25, 0.3) is 5.56 Å². The highest BCUT2D eigenvalue weighted by Crippen LogP contribution is 2.24. The van der Waals surface area contributed by atoms with Gasteiger partial charge >= 0.3 is 0 Å². The molecule has 0 saturated heterocycles.